The highest BCUT2D eigenvalue weighted by Crippen LogP contribution is 2.26. The summed E-state index contributed by atoms with van der Waals surface area (Å²) in [6, 6.07) is 14.7. The predicted octanol–water partition coefficient (Wildman–Crippen LogP) is 4.59. The van der Waals surface area contributed by atoms with Crippen molar-refractivity contribution in [3.05, 3.63) is 89.0 Å². The van der Waals surface area contributed by atoms with E-state index in [2.05, 4.69) is 0 Å². The van der Waals surface area contributed by atoms with Crippen molar-refractivity contribution in [2.45, 2.75) is 4.90 Å². The number of likely N-dealkylation sites (N-methyl/N-ethyl adjacent to an activating group) is 1. The topological polar surface area (TPSA) is 66.9 Å². The van der Waals surface area contributed by atoms with Crippen molar-refractivity contribution in [2.24, 2.45) is 0 Å². The van der Waals surface area contributed by atoms with Gasteiger partial charge in [-0.2, -0.15) is 0 Å². The van der Waals surface area contributed by atoms with Gasteiger partial charge >= 0.3 is 0 Å². The molecule has 0 saturated heterocycles. The Morgan fingerprint density at radius 3 is 2.33 bits per heavy atom. The molecule has 0 aliphatic rings. The third-order valence-corrected chi connectivity index (χ3v) is 7.00. The molecule has 0 fully saturated rings. The molecule has 0 radical (unpaired) electrons. The lowest BCUT2D eigenvalue weighted by molar-refractivity contribution is 0.0773. The molecule has 174 valence electrons. The number of benzene rings is 3. The fourth-order valence-electron chi connectivity index (χ4n) is 2.94. The molecule has 33 heavy (non-hydrogen) atoms. The molecule has 0 atom stereocenters. The number of para-hydroxylation sites is 1. The second kappa shape index (κ2) is 10.2. The fraction of sp³-hybridized carbons (Fsp3) is 0.174. The van der Waals surface area contributed by atoms with Crippen LogP contribution in [-0.2, 0) is 10.0 Å². The highest BCUT2D eigenvalue weighted by molar-refractivity contribution is 7.92. The van der Waals surface area contributed by atoms with E-state index in [9.17, 15) is 22.0 Å². The molecule has 6 nitrogen and oxygen atoms in total. The normalized spacial score (nSPS) is 11.2. The van der Waals surface area contributed by atoms with E-state index in [4.69, 9.17) is 16.3 Å². The van der Waals surface area contributed by atoms with Crippen molar-refractivity contribution in [3.8, 4) is 5.75 Å². The zero-order valence-corrected chi connectivity index (χ0v) is 19.4. The number of ether oxygens (including phenoxy) is 1. The van der Waals surface area contributed by atoms with Crippen molar-refractivity contribution in [2.75, 3.05) is 31.6 Å². The molecule has 0 heterocycles. The van der Waals surface area contributed by atoms with Crippen LogP contribution in [0.15, 0.2) is 71.6 Å². The summed E-state index contributed by atoms with van der Waals surface area (Å²) in [5, 5.41) is 0.0743. The Balaban J connectivity index is 1.76. The zero-order valence-electron chi connectivity index (χ0n) is 17.8. The standard InChI is InChI=1S/C23H21ClF2N2O4S/c1-27(13-14-32-22-6-4-3-5-21(22)26)23(29)19-15-18(11-12-20(19)24)33(30,31)28(2)17-9-7-16(25)8-10-17/h3-12,15H,13-14H2,1-2H3. The molecule has 0 N–H and O–H groups in total. The number of carbonyl (C=O) groups is 1. The van der Waals surface area contributed by atoms with Crippen molar-refractivity contribution in [1.82, 2.24) is 4.90 Å². The maximum atomic E-state index is 13.7. The van der Waals surface area contributed by atoms with Crippen LogP contribution in [0.4, 0.5) is 14.5 Å². The molecule has 0 bridgehead atoms. The molecule has 3 rings (SSSR count). The summed E-state index contributed by atoms with van der Waals surface area (Å²) in [7, 11) is -1.23. The summed E-state index contributed by atoms with van der Waals surface area (Å²) in [5.74, 6) is -1.48. The van der Waals surface area contributed by atoms with Gasteiger partial charge in [-0.3, -0.25) is 9.10 Å². The van der Waals surface area contributed by atoms with E-state index in [0.29, 0.717) is 0 Å². The average Bonchev–Trinajstić information content (AvgIpc) is 2.80. The summed E-state index contributed by atoms with van der Waals surface area (Å²) in [4.78, 5) is 14.0. The van der Waals surface area contributed by atoms with E-state index in [1.54, 1.807) is 6.07 Å². The highest BCUT2D eigenvalue weighted by Gasteiger charge is 2.25. The van der Waals surface area contributed by atoms with Crippen LogP contribution in [-0.4, -0.2) is 46.5 Å². The molecule has 1 amide bonds. The first-order chi connectivity index (χ1) is 15.6. The quantitative estimate of drug-likeness (QED) is 0.459. The van der Waals surface area contributed by atoms with Crippen molar-refractivity contribution < 1.29 is 26.7 Å². The minimum Gasteiger partial charge on any atom is -0.489 e. The lowest BCUT2D eigenvalue weighted by Gasteiger charge is -2.21. The molecular weight excluding hydrogens is 474 g/mol. The summed E-state index contributed by atoms with van der Waals surface area (Å²) >= 11 is 6.17. The Hall–Kier alpha value is -3.17. The second-order valence-electron chi connectivity index (χ2n) is 7.10. The van der Waals surface area contributed by atoms with Crippen LogP contribution in [0.2, 0.25) is 5.02 Å². The lowest BCUT2D eigenvalue weighted by Crippen LogP contribution is -2.31. The number of anilines is 1. The van der Waals surface area contributed by atoms with Crippen LogP contribution >= 0.6 is 11.6 Å². The summed E-state index contributed by atoms with van der Waals surface area (Å²) in [5.41, 5.74) is 0.236. The van der Waals surface area contributed by atoms with Gasteiger partial charge in [-0.25, -0.2) is 17.2 Å². The molecule has 0 aromatic heterocycles. The van der Waals surface area contributed by atoms with E-state index < -0.39 is 27.6 Å². The Labute approximate surface area is 196 Å². The van der Waals surface area contributed by atoms with E-state index in [0.717, 1.165) is 16.4 Å². The van der Waals surface area contributed by atoms with E-state index >= 15 is 0 Å². The van der Waals surface area contributed by atoms with Gasteiger partial charge in [0, 0.05) is 14.1 Å². The summed E-state index contributed by atoms with van der Waals surface area (Å²) < 4.78 is 59.3. The molecule has 10 heteroatoms. The monoisotopic (exact) mass is 494 g/mol. The fourth-order valence-corrected chi connectivity index (χ4v) is 4.36. The van der Waals surface area contributed by atoms with Gasteiger partial charge < -0.3 is 9.64 Å². The Morgan fingerprint density at radius 1 is 1.00 bits per heavy atom. The predicted molar refractivity (Wildman–Crippen MR) is 122 cm³/mol. The maximum Gasteiger partial charge on any atom is 0.264 e. The van der Waals surface area contributed by atoms with Gasteiger partial charge in [-0.15, -0.1) is 0 Å². The van der Waals surface area contributed by atoms with Crippen LogP contribution in [0.3, 0.4) is 0 Å². The second-order valence-corrected chi connectivity index (χ2v) is 9.47. The van der Waals surface area contributed by atoms with Gasteiger partial charge in [0.05, 0.1) is 27.7 Å². The van der Waals surface area contributed by atoms with Gasteiger partial charge in [0.1, 0.15) is 12.4 Å². The number of amides is 1. The highest BCUT2D eigenvalue weighted by atomic mass is 35.5. The van der Waals surface area contributed by atoms with Crippen LogP contribution in [0.25, 0.3) is 0 Å². The first-order valence-electron chi connectivity index (χ1n) is 9.78. The van der Waals surface area contributed by atoms with Gasteiger partial charge in [0.2, 0.25) is 0 Å². The van der Waals surface area contributed by atoms with Gasteiger partial charge in [-0.1, -0.05) is 23.7 Å². The lowest BCUT2D eigenvalue weighted by atomic mass is 10.2. The summed E-state index contributed by atoms with van der Waals surface area (Å²) in [6.45, 7) is 0.127. The van der Waals surface area contributed by atoms with Crippen molar-refractivity contribution in [1.29, 1.82) is 0 Å². The molecule has 3 aromatic rings. The molecule has 0 spiro atoms. The molecule has 0 aliphatic heterocycles. The first kappa shape index (κ1) is 24.5. The Kier molecular flexibility index (Phi) is 7.55. The number of sulfonamides is 1. The Morgan fingerprint density at radius 2 is 1.67 bits per heavy atom. The van der Waals surface area contributed by atoms with Gasteiger partial charge in [0.15, 0.2) is 11.6 Å². The van der Waals surface area contributed by atoms with Crippen LogP contribution < -0.4 is 9.04 Å². The summed E-state index contributed by atoms with van der Waals surface area (Å²) in [6.07, 6.45) is 0. The first-order valence-corrected chi connectivity index (χ1v) is 11.6. The number of nitrogens with zero attached hydrogens (tertiary/aromatic N) is 2. The molecule has 0 saturated carbocycles. The van der Waals surface area contributed by atoms with E-state index in [1.807, 2.05) is 0 Å². The largest absolute Gasteiger partial charge is 0.489 e. The SMILES string of the molecule is CN(CCOc1ccccc1F)C(=O)c1cc(S(=O)(=O)N(C)c2ccc(F)cc2)ccc1Cl. The third-order valence-electron chi connectivity index (χ3n) is 4.88. The smallest absolute Gasteiger partial charge is 0.264 e. The van der Waals surface area contributed by atoms with Gasteiger partial charge in [-0.05, 0) is 54.6 Å². The maximum absolute atomic E-state index is 13.7. The van der Waals surface area contributed by atoms with Crippen molar-refractivity contribution in [3.63, 3.8) is 0 Å². The molecule has 0 aliphatic carbocycles. The molecule has 0 unspecified atom stereocenters. The number of hydrogen-bond donors (Lipinski definition) is 0. The van der Waals surface area contributed by atoms with Gasteiger partial charge in [0.25, 0.3) is 15.9 Å². The molecular formula is C23H21ClF2N2O4S. The zero-order chi connectivity index (χ0) is 24.2. The van der Waals surface area contributed by atoms with Crippen LogP contribution in [0, 0.1) is 11.6 Å². The minimum atomic E-state index is -4.05. The van der Waals surface area contributed by atoms with Crippen LogP contribution in [0.1, 0.15) is 10.4 Å². The number of carbonyl (C=O) groups excluding carboxylic acids is 1. The Bertz CT molecular complexity index is 1250. The minimum absolute atomic E-state index is 0.0151. The van der Waals surface area contributed by atoms with E-state index in [1.165, 1.54) is 67.5 Å². The van der Waals surface area contributed by atoms with E-state index in [-0.39, 0.29) is 40.1 Å². The molecule has 3 aromatic carbocycles. The third kappa shape index (κ3) is 5.61. The number of rotatable bonds is 8. The van der Waals surface area contributed by atoms with Crippen molar-refractivity contribution >= 4 is 33.2 Å². The number of halogens is 3. The average molecular weight is 495 g/mol. The number of hydrogen-bond acceptors (Lipinski definition) is 4. The van der Waals surface area contributed by atoms with Crippen LogP contribution in [0.5, 0.6) is 5.75 Å².